The van der Waals surface area contributed by atoms with Gasteiger partial charge in [0, 0.05) is 18.6 Å². The number of nitrogens with zero attached hydrogens (tertiary/aromatic N) is 1. The fraction of sp³-hybridized carbons (Fsp3) is 1.00. The molecule has 2 saturated carbocycles. The van der Waals surface area contributed by atoms with E-state index in [1.165, 1.54) is 44.9 Å². The molecule has 0 radical (unpaired) electrons. The zero-order valence-corrected chi connectivity index (χ0v) is 10.7. The van der Waals surface area contributed by atoms with E-state index in [2.05, 4.69) is 4.90 Å². The van der Waals surface area contributed by atoms with Crippen LogP contribution in [0.4, 0.5) is 0 Å². The van der Waals surface area contributed by atoms with Crippen LogP contribution >= 0.6 is 0 Å². The Morgan fingerprint density at radius 3 is 2.41 bits per heavy atom. The summed E-state index contributed by atoms with van der Waals surface area (Å²) < 4.78 is 5.91. The van der Waals surface area contributed by atoms with E-state index in [1.54, 1.807) is 0 Å². The average Bonchev–Trinajstić information content (AvgIpc) is 2.39. The SMILES string of the molecule is OC1CCCCC1N1CCOC2CCCCC21. The molecule has 3 rings (SSSR count). The predicted octanol–water partition coefficient (Wildman–Crippen LogP) is 1.93. The molecule has 0 aromatic rings. The van der Waals surface area contributed by atoms with Gasteiger partial charge in [-0.15, -0.1) is 0 Å². The normalized spacial score (nSPS) is 44.3. The first-order valence-electron chi connectivity index (χ1n) is 7.41. The molecule has 1 heterocycles. The number of aliphatic hydroxyl groups excluding tert-OH is 1. The summed E-state index contributed by atoms with van der Waals surface area (Å²) in [7, 11) is 0. The van der Waals surface area contributed by atoms with Gasteiger partial charge in [0.1, 0.15) is 0 Å². The van der Waals surface area contributed by atoms with Crippen LogP contribution in [-0.4, -0.2) is 47.4 Å². The molecule has 0 bridgehead atoms. The molecular formula is C14H25NO2. The second-order valence-corrected chi connectivity index (χ2v) is 5.92. The standard InChI is InChI=1S/C14H25NO2/c16-13-7-3-1-5-11(13)15-9-10-17-14-8-4-2-6-12(14)15/h11-14,16H,1-10H2. The summed E-state index contributed by atoms with van der Waals surface area (Å²) >= 11 is 0. The fourth-order valence-corrected chi connectivity index (χ4v) is 4.02. The number of aliphatic hydroxyl groups is 1. The summed E-state index contributed by atoms with van der Waals surface area (Å²) in [5, 5.41) is 10.2. The van der Waals surface area contributed by atoms with Gasteiger partial charge in [-0.2, -0.15) is 0 Å². The molecule has 3 aliphatic rings. The van der Waals surface area contributed by atoms with Gasteiger partial charge in [-0.05, 0) is 25.7 Å². The van der Waals surface area contributed by atoms with E-state index in [4.69, 9.17) is 4.74 Å². The number of hydrogen-bond donors (Lipinski definition) is 1. The minimum Gasteiger partial charge on any atom is -0.391 e. The number of hydrogen-bond acceptors (Lipinski definition) is 3. The van der Waals surface area contributed by atoms with Gasteiger partial charge in [-0.1, -0.05) is 25.7 Å². The lowest BCUT2D eigenvalue weighted by Gasteiger charge is -2.49. The van der Waals surface area contributed by atoms with Crippen LogP contribution < -0.4 is 0 Å². The molecule has 0 spiro atoms. The van der Waals surface area contributed by atoms with Crippen LogP contribution in [-0.2, 0) is 4.74 Å². The Morgan fingerprint density at radius 2 is 1.59 bits per heavy atom. The summed E-state index contributed by atoms with van der Waals surface area (Å²) in [4.78, 5) is 2.59. The Kier molecular flexibility index (Phi) is 3.69. The van der Waals surface area contributed by atoms with Crippen molar-refractivity contribution in [3.8, 4) is 0 Å². The van der Waals surface area contributed by atoms with Crippen LogP contribution in [0.15, 0.2) is 0 Å². The van der Waals surface area contributed by atoms with E-state index in [1.807, 2.05) is 0 Å². The smallest absolute Gasteiger partial charge is 0.0731 e. The molecule has 3 fully saturated rings. The quantitative estimate of drug-likeness (QED) is 0.759. The third-order valence-corrected chi connectivity index (χ3v) is 4.90. The van der Waals surface area contributed by atoms with Crippen LogP contribution in [0.5, 0.6) is 0 Å². The van der Waals surface area contributed by atoms with Crippen molar-refractivity contribution in [1.29, 1.82) is 0 Å². The second-order valence-electron chi connectivity index (χ2n) is 5.92. The Hall–Kier alpha value is -0.120. The molecule has 0 amide bonds. The van der Waals surface area contributed by atoms with E-state index < -0.39 is 0 Å². The minimum absolute atomic E-state index is 0.0931. The fourth-order valence-electron chi connectivity index (χ4n) is 4.02. The van der Waals surface area contributed by atoms with Crippen molar-refractivity contribution in [1.82, 2.24) is 4.90 Å². The van der Waals surface area contributed by atoms with Gasteiger partial charge in [-0.25, -0.2) is 0 Å². The summed E-state index contributed by atoms with van der Waals surface area (Å²) in [5.74, 6) is 0. The third-order valence-electron chi connectivity index (χ3n) is 4.90. The third kappa shape index (κ3) is 2.38. The summed E-state index contributed by atoms with van der Waals surface area (Å²) in [5.41, 5.74) is 0. The van der Waals surface area contributed by atoms with Crippen LogP contribution in [0.25, 0.3) is 0 Å². The van der Waals surface area contributed by atoms with E-state index in [9.17, 15) is 5.11 Å². The van der Waals surface area contributed by atoms with Gasteiger partial charge >= 0.3 is 0 Å². The molecule has 4 unspecified atom stereocenters. The van der Waals surface area contributed by atoms with Crippen LogP contribution in [0.3, 0.4) is 0 Å². The monoisotopic (exact) mass is 239 g/mol. The van der Waals surface area contributed by atoms with Crippen molar-refractivity contribution < 1.29 is 9.84 Å². The molecule has 98 valence electrons. The Bertz CT molecular complexity index is 251. The summed E-state index contributed by atoms with van der Waals surface area (Å²) in [6.07, 6.45) is 10.2. The Morgan fingerprint density at radius 1 is 0.882 bits per heavy atom. The lowest BCUT2D eigenvalue weighted by molar-refractivity contribution is -0.124. The molecule has 3 nitrogen and oxygen atoms in total. The highest BCUT2D eigenvalue weighted by molar-refractivity contribution is 4.93. The molecule has 4 atom stereocenters. The predicted molar refractivity (Wildman–Crippen MR) is 67.0 cm³/mol. The molecule has 17 heavy (non-hydrogen) atoms. The van der Waals surface area contributed by atoms with Crippen LogP contribution in [0.1, 0.15) is 51.4 Å². The summed E-state index contributed by atoms with van der Waals surface area (Å²) in [6.45, 7) is 1.90. The van der Waals surface area contributed by atoms with Crippen molar-refractivity contribution in [3.63, 3.8) is 0 Å². The maximum absolute atomic E-state index is 10.2. The molecular weight excluding hydrogens is 214 g/mol. The highest BCUT2D eigenvalue weighted by Crippen LogP contribution is 2.33. The maximum Gasteiger partial charge on any atom is 0.0731 e. The molecule has 1 N–H and O–H groups in total. The first-order valence-corrected chi connectivity index (χ1v) is 7.41. The van der Waals surface area contributed by atoms with Gasteiger partial charge in [0.2, 0.25) is 0 Å². The molecule has 2 aliphatic carbocycles. The molecule has 0 aromatic heterocycles. The van der Waals surface area contributed by atoms with Crippen LogP contribution in [0, 0.1) is 0 Å². The number of morpholine rings is 1. The van der Waals surface area contributed by atoms with Gasteiger partial charge in [-0.3, -0.25) is 4.90 Å². The largest absolute Gasteiger partial charge is 0.391 e. The maximum atomic E-state index is 10.2. The average molecular weight is 239 g/mol. The van der Waals surface area contributed by atoms with Crippen molar-refractivity contribution in [3.05, 3.63) is 0 Å². The minimum atomic E-state index is -0.0931. The van der Waals surface area contributed by atoms with Crippen molar-refractivity contribution >= 4 is 0 Å². The zero-order chi connectivity index (χ0) is 11.7. The number of rotatable bonds is 1. The topological polar surface area (TPSA) is 32.7 Å². The Labute approximate surface area is 104 Å². The van der Waals surface area contributed by atoms with E-state index in [0.29, 0.717) is 18.2 Å². The van der Waals surface area contributed by atoms with Gasteiger partial charge in [0.15, 0.2) is 0 Å². The summed E-state index contributed by atoms with van der Waals surface area (Å²) in [6, 6.07) is 1.01. The lowest BCUT2D eigenvalue weighted by Crippen LogP contribution is -2.59. The zero-order valence-electron chi connectivity index (χ0n) is 10.7. The molecule has 1 saturated heterocycles. The number of ether oxygens (including phenoxy) is 1. The second kappa shape index (κ2) is 5.25. The first kappa shape index (κ1) is 11.9. The molecule has 3 heteroatoms. The van der Waals surface area contributed by atoms with Crippen molar-refractivity contribution in [2.45, 2.75) is 75.7 Å². The molecule has 0 aromatic carbocycles. The first-order chi connectivity index (χ1) is 8.36. The van der Waals surface area contributed by atoms with E-state index in [-0.39, 0.29) is 6.10 Å². The highest BCUT2D eigenvalue weighted by atomic mass is 16.5. The lowest BCUT2D eigenvalue weighted by atomic mass is 9.85. The van der Waals surface area contributed by atoms with Gasteiger partial charge in [0.05, 0.1) is 18.8 Å². The number of fused-ring (bicyclic) bond motifs is 1. The Balaban J connectivity index is 1.71. The van der Waals surface area contributed by atoms with Crippen LogP contribution in [0.2, 0.25) is 0 Å². The highest BCUT2D eigenvalue weighted by Gasteiger charge is 2.40. The van der Waals surface area contributed by atoms with Crippen molar-refractivity contribution in [2.24, 2.45) is 0 Å². The van der Waals surface area contributed by atoms with E-state index >= 15 is 0 Å². The van der Waals surface area contributed by atoms with E-state index in [0.717, 1.165) is 19.6 Å². The molecule has 1 aliphatic heterocycles. The van der Waals surface area contributed by atoms with Gasteiger partial charge < -0.3 is 9.84 Å². The van der Waals surface area contributed by atoms with Gasteiger partial charge in [0.25, 0.3) is 0 Å². The van der Waals surface area contributed by atoms with Crippen molar-refractivity contribution in [2.75, 3.05) is 13.2 Å².